The molecular weight excluding hydrogens is 357 g/mol. The van der Waals surface area contributed by atoms with Gasteiger partial charge in [0.1, 0.15) is 0 Å². The first kappa shape index (κ1) is 24.4. The maximum atomic E-state index is 5.72. The summed E-state index contributed by atoms with van der Waals surface area (Å²) in [5.41, 5.74) is 20.3. The van der Waals surface area contributed by atoms with E-state index in [0.29, 0.717) is 25.7 Å². The summed E-state index contributed by atoms with van der Waals surface area (Å²) < 4.78 is 0. The highest BCUT2D eigenvalue weighted by atomic mass is 15.7. The van der Waals surface area contributed by atoms with Gasteiger partial charge in [-0.2, -0.15) is 0 Å². The lowest BCUT2D eigenvalue weighted by Crippen LogP contribution is -2.47. The van der Waals surface area contributed by atoms with Crippen LogP contribution in [0.4, 0.5) is 0 Å². The van der Waals surface area contributed by atoms with Crippen LogP contribution in [0.15, 0.2) is 48.4 Å². The summed E-state index contributed by atoms with van der Waals surface area (Å²) in [6.07, 6.45) is 9.02. The van der Waals surface area contributed by atoms with E-state index in [1.165, 1.54) is 16.6 Å². The summed E-state index contributed by atoms with van der Waals surface area (Å²) in [5.74, 6) is 0.358. The minimum absolute atomic E-state index is 0.358. The van der Waals surface area contributed by atoms with E-state index < -0.39 is 0 Å². The molecule has 2 heterocycles. The molecule has 0 spiro atoms. The molecule has 2 aliphatic heterocycles. The van der Waals surface area contributed by atoms with E-state index in [4.69, 9.17) is 5.73 Å². The molecule has 3 rings (SSSR count). The lowest BCUT2D eigenvalue weighted by atomic mass is 9.44. The average Bonchev–Trinajstić information content (AvgIpc) is 3.24. The number of nitrogens with zero attached hydrogens (tertiary/aromatic N) is 1. The summed E-state index contributed by atoms with van der Waals surface area (Å²) in [6, 6.07) is 6.54. The molecule has 1 unspecified atom stereocenters. The van der Waals surface area contributed by atoms with Gasteiger partial charge in [-0.15, -0.1) is 18.4 Å². The topological polar surface area (TPSA) is 65.3 Å². The molecule has 1 atom stereocenters. The van der Waals surface area contributed by atoms with E-state index in [-0.39, 0.29) is 0 Å². The molecule has 156 valence electrons. The monoisotopic (exact) mass is 393 g/mol. The maximum Gasteiger partial charge on any atom is 0.199 e. The molecule has 1 aromatic carbocycles. The average molecular weight is 393 g/mol. The second-order valence-corrected chi connectivity index (χ2v) is 7.10. The van der Waals surface area contributed by atoms with Crippen molar-refractivity contribution < 1.29 is 0 Å². The number of hydrazine groups is 2. The SMILES string of the molecule is C#C.C=C(CN1NNC(CN)=C1C)NC1Cc2cccc(C(=C)C)c2B1C.CC. The van der Waals surface area contributed by atoms with Crippen molar-refractivity contribution in [1.29, 1.82) is 0 Å². The lowest BCUT2D eigenvalue weighted by Gasteiger charge is -2.25. The first-order valence-corrected chi connectivity index (χ1v) is 10.2. The highest BCUT2D eigenvalue weighted by Gasteiger charge is 2.34. The molecule has 0 bridgehead atoms. The number of nitrogens with one attached hydrogen (secondary N) is 3. The summed E-state index contributed by atoms with van der Waals surface area (Å²) in [4.78, 5) is 0. The van der Waals surface area contributed by atoms with Crippen molar-refractivity contribution >= 4 is 17.7 Å². The molecule has 0 radical (unpaired) electrons. The molecule has 6 heteroatoms. The van der Waals surface area contributed by atoms with Crippen LogP contribution >= 0.6 is 0 Å². The fourth-order valence-corrected chi connectivity index (χ4v) is 3.82. The van der Waals surface area contributed by atoms with Crippen LogP contribution in [-0.2, 0) is 6.42 Å². The van der Waals surface area contributed by atoms with Crippen LogP contribution in [0.3, 0.4) is 0 Å². The van der Waals surface area contributed by atoms with Crippen LogP contribution in [0, 0.1) is 12.8 Å². The van der Waals surface area contributed by atoms with E-state index in [0.717, 1.165) is 29.1 Å². The standard InChI is InChI=1S/C19H28BN5.C2H6.C2H2/c1-12(2)16-8-6-7-15-9-18(20(5)19(15)16)22-13(3)11-25-14(4)17(10-21)23-24-25;2*1-2/h6-8,18,22-24H,1,3,9-11,21H2,2,4-5H3;1-2H3;1-2H. The Morgan fingerprint density at radius 2 is 2.00 bits per heavy atom. The number of nitrogens with two attached hydrogens (primary N) is 1. The Balaban J connectivity index is 0.000000989. The van der Waals surface area contributed by atoms with Crippen LogP contribution in [0.25, 0.3) is 5.57 Å². The molecule has 0 amide bonds. The molecule has 1 aromatic rings. The summed E-state index contributed by atoms with van der Waals surface area (Å²) in [7, 11) is 0. The minimum Gasteiger partial charge on any atom is -0.391 e. The molecule has 0 fully saturated rings. The lowest BCUT2D eigenvalue weighted by molar-refractivity contribution is 0.266. The fourth-order valence-electron chi connectivity index (χ4n) is 3.82. The molecule has 0 saturated heterocycles. The van der Waals surface area contributed by atoms with Crippen molar-refractivity contribution in [2.45, 2.75) is 46.9 Å². The Morgan fingerprint density at radius 3 is 2.55 bits per heavy atom. The van der Waals surface area contributed by atoms with Crippen molar-refractivity contribution in [1.82, 2.24) is 21.3 Å². The maximum absolute atomic E-state index is 5.72. The highest BCUT2D eigenvalue weighted by molar-refractivity contribution is 6.76. The normalized spacial score (nSPS) is 16.8. The summed E-state index contributed by atoms with van der Waals surface area (Å²) in [6.45, 7) is 20.4. The number of benzene rings is 1. The first-order valence-electron chi connectivity index (χ1n) is 10.2. The third-order valence-corrected chi connectivity index (χ3v) is 5.28. The minimum atomic E-state index is 0.358. The van der Waals surface area contributed by atoms with Gasteiger partial charge >= 0.3 is 0 Å². The zero-order valence-corrected chi connectivity index (χ0v) is 18.6. The second-order valence-electron chi connectivity index (χ2n) is 7.10. The Kier molecular flexibility index (Phi) is 9.60. The van der Waals surface area contributed by atoms with Crippen LogP contribution in [-0.4, -0.2) is 30.8 Å². The third-order valence-electron chi connectivity index (χ3n) is 5.28. The molecular formula is C23H36BN5. The predicted molar refractivity (Wildman–Crippen MR) is 128 cm³/mol. The van der Waals surface area contributed by atoms with E-state index in [9.17, 15) is 0 Å². The van der Waals surface area contributed by atoms with Crippen LogP contribution in [0.2, 0.25) is 6.82 Å². The Bertz CT molecular complexity index is 781. The molecule has 5 nitrogen and oxygen atoms in total. The van der Waals surface area contributed by atoms with E-state index >= 15 is 0 Å². The number of terminal acetylenes is 1. The molecule has 29 heavy (non-hydrogen) atoms. The van der Waals surface area contributed by atoms with Gasteiger partial charge in [0, 0.05) is 18.2 Å². The number of hydrogen-bond acceptors (Lipinski definition) is 5. The summed E-state index contributed by atoms with van der Waals surface area (Å²) in [5, 5.41) is 5.67. The van der Waals surface area contributed by atoms with Crippen LogP contribution in [0.5, 0.6) is 0 Å². The van der Waals surface area contributed by atoms with Gasteiger partial charge in [-0.05, 0) is 25.8 Å². The van der Waals surface area contributed by atoms with Crippen molar-refractivity contribution in [3.8, 4) is 12.8 Å². The smallest absolute Gasteiger partial charge is 0.199 e. The van der Waals surface area contributed by atoms with Gasteiger partial charge in [0.25, 0.3) is 0 Å². The van der Waals surface area contributed by atoms with Gasteiger partial charge in [-0.25, -0.2) is 0 Å². The van der Waals surface area contributed by atoms with Crippen LogP contribution < -0.4 is 27.5 Å². The van der Waals surface area contributed by atoms with Gasteiger partial charge in [0.15, 0.2) is 6.71 Å². The predicted octanol–water partition coefficient (Wildman–Crippen LogP) is 2.41. The zero-order valence-electron chi connectivity index (χ0n) is 18.6. The molecule has 0 aromatic heterocycles. The van der Waals surface area contributed by atoms with Gasteiger partial charge in [0.05, 0.1) is 17.9 Å². The molecule has 5 N–H and O–H groups in total. The number of allylic oxidation sites excluding steroid dienone is 2. The second kappa shape index (κ2) is 11.4. The molecule has 0 saturated carbocycles. The van der Waals surface area contributed by atoms with Gasteiger partial charge in [-0.1, -0.05) is 68.6 Å². The number of fused-ring (bicyclic) bond motifs is 1. The van der Waals surface area contributed by atoms with Crippen molar-refractivity contribution in [3.05, 3.63) is 59.6 Å². The molecule has 0 aliphatic carbocycles. The van der Waals surface area contributed by atoms with E-state index in [1.54, 1.807) is 0 Å². The van der Waals surface area contributed by atoms with Crippen molar-refractivity contribution in [3.63, 3.8) is 0 Å². The zero-order chi connectivity index (χ0) is 22.1. The Hall–Kier alpha value is -2.62. The third kappa shape index (κ3) is 5.47. The number of rotatable bonds is 6. The molecule has 2 aliphatic rings. The van der Waals surface area contributed by atoms with Crippen molar-refractivity contribution in [2.24, 2.45) is 5.73 Å². The van der Waals surface area contributed by atoms with Crippen LogP contribution in [0.1, 0.15) is 38.8 Å². The Morgan fingerprint density at radius 1 is 1.34 bits per heavy atom. The van der Waals surface area contributed by atoms with Gasteiger partial charge in [-0.3, -0.25) is 5.01 Å². The largest absolute Gasteiger partial charge is 0.391 e. The first-order chi connectivity index (χ1) is 13.9. The fraction of sp³-hybridized carbons (Fsp3) is 0.391. The van der Waals surface area contributed by atoms with Crippen molar-refractivity contribution in [2.75, 3.05) is 13.1 Å². The highest BCUT2D eigenvalue weighted by Crippen LogP contribution is 2.21. The van der Waals surface area contributed by atoms with E-state index in [2.05, 4.69) is 81.2 Å². The summed E-state index contributed by atoms with van der Waals surface area (Å²) >= 11 is 0. The van der Waals surface area contributed by atoms with E-state index in [1.807, 2.05) is 18.9 Å². The quantitative estimate of drug-likeness (QED) is 0.442. The van der Waals surface area contributed by atoms with Gasteiger partial charge < -0.3 is 16.5 Å². The Labute approximate surface area is 177 Å². The number of hydrogen-bond donors (Lipinski definition) is 4. The van der Waals surface area contributed by atoms with Gasteiger partial charge in [0.2, 0.25) is 0 Å².